The van der Waals surface area contributed by atoms with Crippen LogP contribution >= 0.6 is 0 Å². The molecule has 0 aliphatic carbocycles. The van der Waals surface area contributed by atoms with Gasteiger partial charge in [-0.25, -0.2) is 15.0 Å². The van der Waals surface area contributed by atoms with Gasteiger partial charge in [0.05, 0.1) is 11.0 Å². The largest absolute Gasteiger partial charge is 0.355 e. The number of anilines is 2. The van der Waals surface area contributed by atoms with Crippen molar-refractivity contribution in [3.63, 3.8) is 0 Å². The highest BCUT2D eigenvalue weighted by molar-refractivity contribution is 6.10. The highest BCUT2D eigenvalue weighted by Gasteiger charge is 2.16. The van der Waals surface area contributed by atoms with Crippen LogP contribution in [-0.2, 0) is 0 Å². The van der Waals surface area contributed by atoms with Gasteiger partial charge in [0.2, 0.25) is 0 Å². The van der Waals surface area contributed by atoms with Gasteiger partial charge in [0, 0.05) is 50.1 Å². The summed E-state index contributed by atoms with van der Waals surface area (Å²) in [5.74, 6) is 1.91. The number of hydrogen-bond acceptors (Lipinski definition) is 4. The summed E-state index contributed by atoms with van der Waals surface area (Å²) >= 11 is 0. The molecule has 0 saturated carbocycles. The summed E-state index contributed by atoms with van der Waals surface area (Å²) in [6.07, 6.45) is 0. The van der Waals surface area contributed by atoms with E-state index < -0.39 is 0 Å². The van der Waals surface area contributed by atoms with Crippen molar-refractivity contribution in [3.05, 3.63) is 206 Å². The lowest BCUT2D eigenvalue weighted by Crippen LogP contribution is -2.00. The Labute approximate surface area is 325 Å². The molecule has 1 N–H and O–H groups in total. The first-order valence-corrected chi connectivity index (χ1v) is 18.8. The summed E-state index contributed by atoms with van der Waals surface area (Å²) in [7, 11) is 0. The Morgan fingerprint density at radius 3 is 1.43 bits per heavy atom. The zero-order chi connectivity index (χ0) is 37.3. The van der Waals surface area contributed by atoms with E-state index in [0.717, 1.165) is 50.4 Å². The predicted octanol–water partition coefficient (Wildman–Crippen LogP) is 13.0. The fraction of sp³-hybridized carbons (Fsp3) is 0. The number of benzene rings is 8. The fourth-order valence-electron chi connectivity index (χ4n) is 7.49. The molecule has 56 heavy (non-hydrogen) atoms. The number of rotatable bonds is 8. The second kappa shape index (κ2) is 14.3. The third-order valence-corrected chi connectivity index (χ3v) is 10.2. The molecule has 0 amide bonds. The molecular formula is C51H35N5. The first-order valence-electron chi connectivity index (χ1n) is 18.8. The second-order valence-corrected chi connectivity index (χ2v) is 13.8. The summed E-state index contributed by atoms with van der Waals surface area (Å²) in [6.45, 7) is 0. The second-order valence-electron chi connectivity index (χ2n) is 13.8. The van der Waals surface area contributed by atoms with Gasteiger partial charge in [-0.3, -0.25) is 0 Å². The minimum atomic E-state index is 0.627. The van der Waals surface area contributed by atoms with Crippen LogP contribution in [0.25, 0.3) is 83.9 Å². The van der Waals surface area contributed by atoms with Crippen molar-refractivity contribution in [2.24, 2.45) is 0 Å². The lowest BCUT2D eigenvalue weighted by atomic mass is 9.96. The number of nitrogens with zero attached hydrogens (tertiary/aromatic N) is 4. The molecule has 0 atom stereocenters. The number of aromatic nitrogens is 4. The van der Waals surface area contributed by atoms with Crippen LogP contribution in [0.2, 0.25) is 0 Å². The molecule has 0 aliphatic heterocycles. The molecule has 264 valence electrons. The van der Waals surface area contributed by atoms with Crippen molar-refractivity contribution >= 4 is 33.2 Å². The smallest absolute Gasteiger partial charge is 0.164 e. The van der Waals surface area contributed by atoms with Crippen LogP contribution < -0.4 is 5.32 Å². The van der Waals surface area contributed by atoms with Gasteiger partial charge >= 0.3 is 0 Å². The molecule has 2 heterocycles. The predicted molar refractivity (Wildman–Crippen MR) is 231 cm³/mol. The maximum atomic E-state index is 4.91. The fourth-order valence-corrected chi connectivity index (χ4v) is 7.49. The van der Waals surface area contributed by atoms with Gasteiger partial charge < -0.3 is 9.88 Å². The molecule has 5 heteroatoms. The van der Waals surface area contributed by atoms with Gasteiger partial charge in [0.25, 0.3) is 0 Å². The van der Waals surface area contributed by atoms with Crippen molar-refractivity contribution in [2.75, 3.05) is 5.32 Å². The van der Waals surface area contributed by atoms with Crippen molar-refractivity contribution in [1.82, 2.24) is 19.5 Å². The normalized spacial score (nSPS) is 11.2. The minimum Gasteiger partial charge on any atom is -0.355 e. The lowest BCUT2D eigenvalue weighted by molar-refractivity contribution is 1.07. The van der Waals surface area contributed by atoms with Crippen molar-refractivity contribution in [3.8, 4) is 62.1 Å². The van der Waals surface area contributed by atoms with Gasteiger partial charge in [-0.05, 0) is 83.4 Å². The Hall–Kier alpha value is -7.63. The summed E-state index contributed by atoms with van der Waals surface area (Å²) in [4.78, 5) is 14.7. The van der Waals surface area contributed by atoms with Gasteiger partial charge in [0.15, 0.2) is 17.5 Å². The van der Waals surface area contributed by atoms with E-state index >= 15 is 0 Å². The van der Waals surface area contributed by atoms with E-state index in [1.54, 1.807) is 0 Å². The molecule has 2 aromatic heterocycles. The number of fused-ring (bicyclic) bond motifs is 3. The Morgan fingerprint density at radius 2 is 0.804 bits per heavy atom. The van der Waals surface area contributed by atoms with Gasteiger partial charge in [-0.15, -0.1) is 0 Å². The van der Waals surface area contributed by atoms with Crippen LogP contribution in [0.3, 0.4) is 0 Å². The highest BCUT2D eigenvalue weighted by Crippen LogP contribution is 2.38. The summed E-state index contributed by atoms with van der Waals surface area (Å²) in [6, 6.07) is 71.8. The summed E-state index contributed by atoms with van der Waals surface area (Å²) < 4.78 is 2.35. The Kier molecular flexibility index (Phi) is 8.43. The Morgan fingerprint density at radius 1 is 0.339 bits per heavy atom. The van der Waals surface area contributed by atoms with E-state index in [-0.39, 0.29) is 0 Å². The standard InChI is InChI=1S/C51H35N5/c1-5-15-35(16-6-1)44-33-39(40-28-32-48-45(34-40)43-23-13-14-24-47(43)56(48)42-21-11-4-12-22-42)27-31-46(44)52-41-29-25-38(26-30-41)51-54-49(36-17-7-2-8-18-36)53-50(55-51)37-19-9-3-10-20-37/h1-34,52H. The SMILES string of the molecule is c1ccc(-c2nc(-c3ccccc3)nc(-c3ccc(Nc4ccc(-c5ccc6c(c5)c5ccccc5n6-c5ccccc5)cc4-c4ccccc4)cc3)n2)cc1. The molecule has 0 saturated heterocycles. The van der Waals surface area contributed by atoms with Gasteiger partial charge in [-0.2, -0.15) is 0 Å². The van der Waals surface area contributed by atoms with Crippen LogP contribution in [0.4, 0.5) is 11.4 Å². The molecular weight excluding hydrogens is 683 g/mol. The Balaban J connectivity index is 1.01. The topological polar surface area (TPSA) is 55.6 Å². The molecule has 10 rings (SSSR count). The third kappa shape index (κ3) is 6.27. The molecule has 8 aromatic carbocycles. The molecule has 0 radical (unpaired) electrons. The van der Waals surface area contributed by atoms with Crippen LogP contribution in [0.15, 0.2) is 206 Å². The molecule has 0 spiro atoms. The molecule has 0 unspecified atom stereocenters. The zero-order valence-corrected chi connectivity index (χ0v) is 30.4. The maximum Gasteiger partial charge on any atom is 0.164 e. The molecule has 0 fully saturated rings. The molecule has 5 nitrogen and oxygen atoms in total. The summed E-state index contributed by atoms with van der Waals surface area (Å²) in [5.41, 5.74) is 12.9. The molecule has 0 bridgehead atoms. The first-order chi connectivity index (χ1) is 27.7. The van der Waals surface area contributed by atoms with Crippen molar-refractivity contribution in [2.45, 2.75) is 0 Å². The van der Waals surface area contributed by atoms with Crippen LogP contribution in [0.1, 0.15) is 0 Å². The number of hydrogen-bond donors (Lipinski definition) is 1. The number of para-hydroxylation sites is 2. The lowest BCUT2D eigenvalue weighted by Gasteiger charge is -2.15. The van der Waals surface area contributed by atoms with Crippen molar-refractivity contribution < 1.29 is 0 Å². The van der Waals surface area contributed by atoms with Crippen LogP contribution in [-0.4, -0.2) is 19.5 Å². The summed E-state index contributed by atoms with van der Waals surface area (Å²) in [5, 5.41) is 6.19. The number of nitrogens with one attached hydrogen (secondary N) is 1. The Bertz CT molecular complexity index is 2900. The van der Waals surface area contributed by atoms with Gasteiger partial charge in [0.1, 0.15) is 0 Å². The monoisotopic (exact) mass is 717 g/mol. The van der Waals surface area contributed by atoms with E-state index in [9.17, 15) is 0 Å². The first kappa shape index (κ1) is 33.0. The van der Waals surface area contributed by atoms with Crippen LogP contribution in [0, 0.1) is 0 Å². The average Bonchev–Trinajstić information content (AvgIpc) is 3.61. The molecule has 10 aromatic rings. The molecule has 0 aliphatic rings. The zero-order valence-electron chi connectivity index (χ0n) is 30.4. The maximum absolute atomic E-state index is 4.91. The minimum absolute atomic E-state index is 0.627. The van der Waals surface area contributed by atoms with E-state index in [1.165, 1.54) is 27.4 Å². The average molecular weight is 718 g/mol. The third-order valence-electron chi connectivity index (χ3n) is 10.2. The van der Waals surface area contributed by atoms with Crippen LogP contribution in [0.5, 0.6) is 0 Å². The van der Waals surface area contributed by atoms with Gasteiger partial charge in [-0.1, -0.05) is 140 Å². The highest BCUT2D eigenvalue weighted by atomic mass is 15.0. The van der Waals surface area contributed by atoms with E-state index in [0.29, 0.717) is 17.5 Å². The van der Waals surface area contributed by atoms with Crippen molar-refractivity contribution in [1.29, 1.82) is 0 Å². The van der Waals surface area contributed by atoms with E-state index in [1.807, 2.05) is 60.7 Å². The quantitative estimate of drug-likeness (QED) is 0.170. The van der Waals surface area contributed by atoms with E-state index in [4.69, 9.17) is 15.0 Å². The van der Waals surface area contributed by atoms with E-state index in [2.05, 4.69) is 155 Å².